The molecule has 104 valence electrons. The number of hydrogen-bond acceptors (Lipinski definition) is 3. The largest absolute Gasteiger partial charge is 0.496 e. The number of benzene rings is 1. The molecule has 0 aliphatic rings. The van der Waals surface area contributed by atoms with Crippen molar-refractivity contribution < 1.29 is 14.3 Å². The molecule has 0 aromatic heterocycles. The van der Waals surface area contributed by atoms with Gasteiger partial charge in [-0.15, -0.1) is 0 Å². The zero-order valence-corrected chi connectivity index (χ0v) is 12.2. The second kappa shape index (κ2) is 5.87. The minimum atomic E-state index is -0.587. The van der Waals surface area contributed by atoms with E-state index in [4.69, 9.17) is 4.74 Å². The molecule has 0 fully saturated rings. The fourth-order valence-corrected chi connectivity index (χ4v) is 2.20. The fraction of sp³-hybridized carbons (Fsp3) is 0.467. The van der Waals surface area contributed by atoms with Crippen molar-refractivity contribution in [1.29, 1.82) is 0 Å². The molecule has 0 unspecified atom stereocenters. The Labute approximate surface area is 114 Å². The van der Waals surface area contributed by atoms with Crippen LogP contribution < -0.4 is 10.1 Å². The van der Waals surface area contributed by atoms with Crippen LogP contribution in [0.15, 0.2) is 12.1 Å². The van der Waals surface area contributed by atoms with Crippen LogP contribution in [0.25, 0.3) is 0 Å². The zero-order chi connectivity index (χ0) is 14.6. The van der Waals surface area contributed by atoms with Crippen molar-refractivity contribution in [3.05, 3.63) is 28.8 Å². The van der Waals surface area contributed by atoms with Crippen molar-refractivity contribution in [3.63, 3.8) is 0 Å². The van der Waals surface area contributed by atoms with E-state index in [9.17, 15) is 9.59 Å². The lowest BCUT2D eigenvalue weighted by Gasteiger charge is -2.28. The SMILES string of the molecule is COc1ccc(C(C)(C)CNC(=O)C=O)c(C)c1C. The smallest absolute Gasteiger partial charge is 0.284 e. The van der Waals surface area contributed by atoms with Gasteiger partial charge in [-0.05, 0) is 36.6 Å². The summed E-state index contributed by atoms with van der Waals surface area (Å²) in [5.41, 5.74) is 3.12. The van der Waals surface area contributed by atoms with Crippen LogP contribution in [0.5, 0.6) is 5.75 Å². The molecular weight excluding hydrogens is 242 g/mol. The molecule has 4 nitrogen and oxygen atoms in total. The molecule has 19 heavy (non-hydrogen) atoms. The monoisotopic (exact) mass is 263 g/mol. The number of hydrogen-bond donors (Lipinski definition) is 1. The summed E-state index contributed by atoms with van der Waals surface area (Å²) < 4.78 is 5.29. The molecule has 0 saturated heterocycles. The highest BCUT2D eigenvalue weighted by molar-refractivity contribution is 6.23. The zero-order valence-electron chi connectivity index (χ0n) is 12.2. The van der Waals surface area contributed by atoms with Crippen LogP contribution in [0.4, 0.5) is 0 Å². The third-order valence-corrected chi connectivity index (χ3v) is 3.50. The van der Waals surface area contributed by atoms with Gasteiger partial charge in [0.25, 0.3) is 5.91 Å². The van der Waals surface area contributed by atoms with E-state index in [0.717, 1.165) is 22.4 Å². The topological polar surface area (TPSA) is 55.4 Å². The summed E-state index contributed by atoms with van der Waals surface area (Å²) in [7, 11) is 1.65. The summed E-state index contributed by atoms with van der Waals surface area (Å²) >= 11 is 0. The number of amides is 1. The molecule has 1 rings (SSSR count). The van der Waals surface area contributed by atoms with Crippen molar-refractivity contribution in [2.24, 2.45) is 0 Å². The number of methoxy groups -OCH3 is 1. The van der Waals surface area contributed by atoms with Crippen LogP contribution >= 0.6 is 0 Å². The highest BCUT2D eigenvalue weighted by Gasteiger charge is 2.24. The summed E-state index contributed by atoms with van der Waals surface area (Å²) in [6, 6.07) is 3.94. The van der Waals surface area contributed by atoms with Crippen molar-refractivity contribution in [2.75, 3.05) is 13.7 Å². The molecule has 0 radical (unpaired) electrons. The van der Waals surface area contributed by atoms with Crippen molar-refractivity contribution >= 4 is 12.2 Å². The molecule has 1 aromatic rings. The maximum Gasteiger partial charge on any atom is 0.284 e. The number of ether oxygens (including phenoxy) is 1. The number of carbonyl (C=O) groups is 2. The van der Waals surface area contributed by atoms with Crippen LogP contribution in [0.2, 0.25) is 0 Å². The number of rotatable bonds is 5. The van der Waals surface area contributed by atoms with E-state index in [1.165, 1.54) is 0 Å². The second-order valence-electron chi connectivity index (χ2n) is 5.28. The summed E-state index contributed by atoms with van der Waals surface area (Å²) in [4.78, 5) is 21.4. The van der Waals surface area contributed by atoms with Crippen LogP contribution in [-0.4, -0.2) is 25.8 Å². The lowest BCUT2D eigenvalue weighted by molar-refractivity contribution is -0.131. The van der Waals surface area contributed by atoms with Gasteiger partial charge in [-0.25, -0.2) is 0 Å². The average molecular weight is 263 g/mol. The third-order valence-electron chi connectivity index (χ3n) is 3.50. The Kier molecular flexibility index (Phi) is 4.70. The van der Waals surface area contributed by atoms with Crippen molar-refractivity contribution in [1.82, 2.24) is 5.32 Å². The Morgan fingerprint density at radius 3 is 2.47 bits per heavy atom. The van der Waals surface area contributed by atoms with Gasteiger partial charge < -0.3 is 10.1 Å². The van der Waals surface area contributed by atoms with E-state index >= 15 is 0 Å². The lowest BCUT2D eigenvalue weighted by atomic mass is 9.80. The van der Waals surface area contributed by atoms with Gasteiger partial charge >= 0.3 is 0 Å². The first-order valence-electron chi connectivity index (χ1n) is 6.21. The van der Waals surface area contributed by atoms with Crippen LogP contribution in [-0.2, 0) is 15.0 Å². The van der Waals surface area contributed by atoms with E-state index in [2.05, 4.69) is 5.32 Å². The van der Waals surface area contributed by atoms with Gasteiger partial charge in [0.1, 0.15) is 5.75 Å². The standard InChI is InChI=1S/C15H21NO3/c1-10-11(2)13(19-5)7-6-12(10)15(3,4)9-16-14(18)8-17/h6-8H,9H2,1-5H3,(H,16,18). The Bertz CT molecular complexity index is 492. The minimum absolute atomic E-state index is 0.250. The first-order valence-corrected chi connectivity index (χ1v) is 6.21. The lowest BCUT2D eigenvalue weighted by Crippen LogP contribution is -2.37. The Morgan fingerprint density at radius 2 is 1.95 bits per heavy atom. The molecule has 0 bridgehead atoms. The Morgan fingerprint density at radius 1 is 1.32 bits per heavy atom. The van der Waals surface area contributed by atoms with Gasteiger partial charge in [-0.1, -0.05) is 19.9 Å². The van der Waals surface area contributed by atoms with Gasteiger partial charge in [-0.3, -0.25) is 9.59 Å². The molecule has 0 saturated carbocycles. The van der Waals surface area contributed by atoms with E-state index in [0.29, 0.717) is 12.8 Å². The van der Waals surface area contributed by atoms with Crippen LogP contribution in [0, 0.1) is 13.8 Å². The van der Waals surface area contributed by atoms with Gasteiger partial charge in [0.2, 0.25) is 6.29 Å². The summed E-state index contributed by atoms with van der Waals surface area (Å²) in [5, 5.41) is 2.61. The molecule has 0 aliphatic carbocycles. The summed E-state index contributed by atoms with van der Waals surface area (Å²) in [5.74, 6) is 0.268. The molecule has 1 N–H and O–H groups in total. The maximum atomic E-state index is 11.0. The molecule has 1 amide bonds. The Balaban J connectivity index is 3.04. The fourth-order valence-electron chi connectivity index (χ4n) is 2.20. The van der Waals surface area contributed by atoms with Crippen molar-refractivity contribution in [2.45, 2.75) is 33.1 Å². The normalized spacial score (nSPS) is 11.0. The van der Waals surface area contributed by atoms with E-state index in [-0.39, 0.29) is 5.41 Å². The molecule has 0 heterocycles. The predicted octanol–water partition coefficient (Wildman–Crippen LogP) is 1.90. The molecular formula is C15H21NO3. The third kappa shape index (κ3) is 3.34. The van der Waals surface area contributed by atoms with Gasteiger partial charge in [-0.2, -0.15) is 0 Å². The van der Waals surface area contributed by atoms with E-state index in [1.807, 2.05) is 39.8 Å². The quantitative estimate of drug-likeness (QED) is 0.652. The number of carbonyl (C=O) groups excluding carboxylic acids is 2. The van der Waals surface area contributed by atoms with Crippen LogP contribution in [0.3, 0.4) is 0 Å². The van der Waals surface area contributed by atoms with Crippen LogP contribution in [0.1, 0.15) is 30.5 Å². The molecule has 0 atom stereocenters. The van der Waals surface area contributed by atoms with Gasteiger partial charge in [0.05, 0.1) is 7.11 Å². The predicted molar refractivity (Wildman–Crippen MR) is 74.6 cm³/mol. The molecule has 0 aliphatic heterocycles. The average Bonchev–Trinajstić information content (AvgIpc) is 2.38. The van der Waals surface area contributed by atoms with E-state index in [1.54, 1.807) is 7.11 Å². The molecule has 4 heteroatoms. The molecule has 1 aromatic carbocycles. The highest BCUT2D eigenvalue weighted by atomic mass is 16.5. The van der Waals surface area contributed by atoms with Gasteiger partial charge in [0.15, 0.2) is 0 Å². The first kappa shape index (κ1) is 15.2. The number of nitrogens with one attached hydrogen (secondary N) is 1. The van der Waals surface area contributed by atoms with Gasteiger partial charge in [0, 0.05) is 12.0 Å². The minimum Gasteiger partial charge on any atom is -0.496 e. The summed E-state index contributed by atoms with van der Waals surface area (Å²) in [6.07, 6.45) is 0.294. The summed E-state index contributed by atoms with van der Waals surface area (Å²) in [6.45, 7) is 8.53. The van der Waals surface area contributed by atoms with E-state index < -0.39 is 5.91 Å². The molecule has 0 spiro atoms. The maximum absolute atomic E-state index is 11.0. The first-order chi connectivity index (χ1) is 8.83. The second-order valence-corrected chi connectivity index (χ2v) is 5.28. The number of aldehydes is 1. The Hall–Kier alpha value is -1.84. The van der Waals surface area contributed by atoms with Crippen molar-refractivity contribution in [3.8, 4) is 5.75 Å². The highest BCUT2D eigenvalue weighted by Crippen LogP contribution is 2.31.